The molecule has 0 aromatic rings. The number of hydrogen-bond acceptors (Lipinski definition) is 3. The molecule has 2 rings (SSSR count). The Hall–Kier alpha value is -1.59. The van der Waals surface area contributed by atoms with Crippen LogP contribution in [0.15, 0.2) is 0 Å². The average molecular weight is 436 g/mol. The van der Waals surface area contributed by atoms with Crippen molar-refractivity contribution in [3.8, 4) is 0 Å². The van der Waals surface area contributed by atoms with Crippen LogP contribution in [0, 0.1) is 0 Å². The van der Waals surface area contributed by atoms with E-state index in [4.69, 9.17) is 0 Å². The van der Waals surface area contributed by atoms with Gasteiger partial charge in [0.05, 0.1) is 0 Å². The lowest BCUT2D eigenvalue weighted by molar-refractivity contribution is -0.159. The lowest BCUT2D eigenvalue weighted by atomic mass is 9.68. The van der Waals surface area contributed by atoms with Gasteiger partial charge in [-0.15, -0.1) is 0 Å². The first kappa shape index (κ1) is 25.7. The van der Waals surface area contributed by atoms with Gasteiger partial charge in [-0.2, -0.15) is 0 Å². The number of imide groups is 1. The van der Waals surface area contributed by atoms with Gasteiger partial charge in [0, 0.05) is 37.4 Å². The Bertz CT molecular complexity index is 638. The second kappa shape index (κ2) is 10.4. The zero-order chi connectivity index (χ0) is 23.3. The van der Waals surface area contributed by atoms with Gasteiger partial charge in [0.1, 0.15) is 5.54 Å². The molecule has 2 heterocycles. The third-order valence-electron chi connectivity index (χ3n) is 7.12. The predicted octanol–water partition coefficient (Wildman–Crippen LogP) is 5.40. The smallest absolute Gasteiger partial charge is 0.325 e. The fourth-order valence-corrected chi connectivity index (χ4v) is 6.35. The maximum absolute atomic E-state index is 13.0. The minimum Gasteiger partial charge on any atom is -0.332 e. The molecule has 2 saturated heterocycles. The molecule has 2 fully saturated rings. The number of hydrogen-bond donors (Lipinski definition) is 1. The Morgan fingerprint density at radius 1 is 0.839 bits per heavy atom. The summed E-state index contributed by atoms with van der Waals surface area (Å²) in [5, 5.41) is 2.58. The summed E-state index contributed by atoms with van der Waals surface area (Å²) in [5.74, 6) is -0.190. The molecule has 6 nitrogen and oxygen atoms in total. The number of nitrogens with one attached hydrogen (secondary N) is 1. The highest BCUT2D eigenvalue weighted by molar-refractivity contribution is 6.07. The molecule has 31 heavy (non-hydrogen) atoms. The number of likely N-dealkylation sites (tertiary alicyclic amines) is 1. The van der Waals surface area contributed by atoms with Crippen LogP contribution < -0.4 is 5.32 Å². The molecule has 0 aromatic heterocycles. The minimum absolute atomic E-state index is 0.0100. The van der Waals surface area contributed by atoms with Gasteiger partial charge in [0.2, 0.25) is 5.91 Å². The van der Waals surface area contributed by atoms with Crippen molar-refractivity contribution in [2.24, 2.45) is 0 Å². The Balaban J connectivity index is 1.94. The summed E-state index contributed by atoms with van der Waals surface area (Å²) in [5.41, 5.74) is -1.88. The number of carbonyl (C=O) groups is 3. The zero-order valence-corrected chi connectivity index (χ0v) is 20.8. The fourth-order valence-electron chi connectivity index (χ4n) is 6.35. The Morgan fingerprint density at radius 2 is 1.29 bits per heavy atom. The number of carbonyl (C=O) groups excluding carboxylic acids is 3. The zero-order valence-electron chi connectivity index (χ0n) is 20.8. The SMILES string of the molecule is CCCCCCCCCCCCN1C(=O)NC(=O)C12CC(C)(C)N(C(C)=O)C(C)(C)C2. The summed E-state index contributed by atoms with van der Waals surface area (Å²) < 4.78 is 0. The van der Waals surface area contributed by atoms with Crippen LogP contribution in [0.25, 0.3) is 0 Å². The first-order valence-electron chi connectivity index (χ1n) is 12.4. The molecule has 0 unspecified atom stereocenters. The number of piperidine rings is 1. The van der Waals surface area contributed by atoms with Crippen molar-refractivity contribution in [3.05, 3.63) is 0 Å². The number of nitrogens with zero attached hydrogens (tertiary/aromatic N) is 2. The molecule has 0 aliphatic carbocycles. The van der Waals surface area contributed by atoms with Gasteiger partial charge in [-0.1, -0.05) is 64.7 Å². The van der Waals surface area contributed by atoms with Crippen LogP contribution in [0.4, 0.5) is 4.79 Å². The molecular weight excluding hydrogens is 390 g/mol. The van der Waals surface area contributed by atoms with E-state index in [0.29, 0.717) is 19.4 Å². The molecule has 0 aromatic carbocycles. The topological polar surface area (TPSA) is 69.7 Å². The van der Waals surface area contributed by atoms with Crippen LogP contribution in [-0.2, 0) is 9.59 Å². The quantitative estimate of drug-likeness (QED) is 0.349. The molecule has 0 bridgehead atoms. The van der Waals surface area contributed by atoms with Crippen LogP contribution in [0.1, 0.15) is 119 Å². The normalized spacial score (nSPS) is 21.6. The van der Waals surface area contributed by atoms with Crippen molar-refractivity contribution in [2.45, 2.75) is 135 Å². The Morgan fingerprint density at radius 3 is 1.74 bits per heavy atom. The highest BCUT2D eigenvalue weighted by Gasteiger charge is 2.62. The van der Waals surface area contributed by atoms with Gasteiger partial charge in [0.15, 0.2) is 0 Å². The first-order chi connectivity index (χ1) is 14.5. The van der Waals surface area contributed by atoms with Crippen molar-refractivity contribution >= 4 is 17.8 Å². The number of amides is 4. The standard InChI is InChI=1S/C25H45N3O3/c1-7-8-9-10-11-12-13-14-15-16-17-27-22(31)26-21(30)25(27)18-23(3,4)28(20(2)29)24(5,6)19-25/h7-19H2,1-6H3,(H,26,30,31). The summed E-state index contributed by atoms with van der Waals surface area (Å²) in [7, 11) is 0. The summed E-state index contributed by atoms with van der Waals surface area (Å²) >= 11 is 0. The molecule has 178 valence electrons. The molecule has 0 saturated carbocycles. The lowest BCUT2D eigenvalue weighted by Crippen LogP contribution is -2.71. The second-order valence-corrected chi connectivity index (χ2v) is 11.0. The molecular formula is C25H45N3O3. The van der Waals surface area contributed by atoms with Gasteiger partial charge < -0.3 is 9.80 Å². The summed E-state index contributed by atoms with van der Waals surface area (Å²) in [6.45, 7) is 12.4. The number of rotatable bonds is 11. The molecule has 2 aliphatic heterocycles. The van der Waals surface area contributed by atoms with Gasteiger partial charge in [0.25, 0.3) is 5.91 Å². The van der Waals surface area contributed by atoms with E-state index in [2.05, 4.69) is 12.2 Å². The van der Waals surface area contributed by atoms with Crippen LogP contribution >= 0.6 is 0 Å². The van der Waals surface area contributed by atoms with Gasteiger partial charge in [-0.3, -0.25) is 14.9 Å². The molecule has 2 aliphatic rings. The van der Waals surface area contributed by atoms with E-state index in [1.807, 2.05) is 32.6 Å². The van der Waals surface area contributed by atoms with Crippen molar-refractivity contribution in [1.82, 2.24) is 15.1 Å². The maximum atomic E-state index is 13.0. The van der Waals surface area contributed by atoms with E-state index in [0.717, 1.165) is 12.8 Å². The fraction of sp³-hybridized carbons (Fsp3) is 0.880. The largest absolute Gasteiger partial charge is 0.332 e. The van der Waals surface area contributed by atoms with E-state index in [1.54, 1.807) is 11.8 Å². The van der Waals surface area contributed by atoms with Gasteiger partial charge in [-0.05, 0) is 34.1 Å². The Labute approximate surface area is 189 Å². The van der Waals surface area contributed by atoms with E-state index in [9.17, 15) is 14.4 Å². The molecule has 1 N–H and O–H groups in total. The van der Waals surface area contributed by atoms with Crippen molar-refractivity contribution in [1.29, 1.82) is 0 Å². The Kier molecular flexibility index (Phi) is 8.57. The van der Waals surface area contributed by atoms with Crippen molar-refractivity contribution in [2.75, 3.05) is 6.54 Å². The number of unbranched alkanes of at least 4 members (excludes halogenated alkanes) is 9. The molecule has 0 atom stereocenters. The third kappa shape index (κ3) is 5.81. The van der Waals surface area contributed by atoms with E-state index in [1.165, 1.54) is 51.4 Å². The van der Waals surface area contributed by atoms with E-state index < -0.39 is 16.6 Å². The first-order valence-corrected chi connectivity index (χ1v) is 12.4. The summed E-state index contributed by atoms with van der Waals surface area (Å²) in [6, 6.07) is -0.274. The summed E-state index contributed by atoms with van der Waals surface area (Å²) in [4.78, 5) is 41.8. The monoisotopic (exact) mass is 435 g/mol. The lowest BCUT2D eigenvalue weighted by Gasteiger charge is -2.59. The molecule has 1 spiro atoms. The van der Waals surface area contributed by atoms with Crippen LogP contribution in [0.2, 0.25) is 0 Å². The van der Waals surface area contributed by atoms with Crippen molar-refractivity contribution in [3.63, 3.8) is 0 Å². The molecule has 6 heteroatoms. The second-order valence-electron chi connectivity index (χ2n) is 11.0. The van der Waals surface area contributed by atoms with Crippen LogP contribution in [-0.4, -0.2) is 50.8 Å². The highest BCUT2D eigenvalue weighted by atomic mass is 16.2. The molecule has 4 amide bonds. The number of urea groups is 1. The minimum atomic E-state index is -0.866. The maximum Gasteiger partial charge on any atom is 0.325 e. The molecule has 0 radical (unpaired) electrons. The average Bonchev–Trinajstić information content (AvgIpc) is 2.83. The van der Waals surface area contributed by atoms with E-state index in [-0.39, 0.29) is 17.8 Å². The van der Waals surface area contributed by atoms with Crippen LogP contribution in [0.3, 0.4) is 0 Å². The van der Waals surface area contributed by atoms with Crippen LogP contribution in [0.5, 0.6) is 0 Å². The highest BCUT2D eigenvalue weighted by Crippen LogP contribution is 2.48. The summed E-state index contributed by atoms with van der Waals surface area (Å²) in [6.07, 6.45) is 13.3. The third-order valence-corrected chi connectivity index (χ3v) is 7.12. The van der Waals surface area contributed by atoms with E-state index >= 15 is 0 Å². The predicted molar refractivity (Wildman–Crippen MR) is 125 cm³/mol. The van der Waals surface area contributed by atoms with Gasteiger partial charge in [-0.25, -0.2) is 4.79 Å². The van der Waals surface area contributed by atoms with Gasteiger partial charge >= 0.3 is 6.03 Å². The van der Waals surface area contributed by atoms with Crippen molar-refractivity contribution < 1.29 is 14.4 Å².